The summed E-state index contributed by atoms with van der Waals surface area (Å²) in [5.41, 5.74) is 7.32. The van der Waals surface area contributed by atoms with Gasteiger partial charge in [-0.2, -0.15) is 0 Å². The number of rotatable bonds is 2. The zero-order valence-corrected chi connectivity index (χ0v) is 8.32. The predicted molar refractivity (Wildman–Crippen MR) is 57.0 cm³/mol. The highest BCUT2D eigenvalue weighted by Gasteiger charge is 2.22. The molecule has 76 valence electrons. The van der Waals surface area contributed by atoms with E-state index in [1.54, 1.807) is 12.1 Å². The molecule has 2 nitrogen and oxygen atoms in total. The minimum Gasteiger partial charge on any atom is -0.508 e. The van der Waals surface area contributed by atoms with E-state index in [2.05, 4.69) is 0 Å². The number of nitrogens with two attached hydrogens (primary N) is 1. The number of phenolic OH excluding ortho intramolecular Hbond substituents is 1. The second-order valence-electron chi connectivity index (χ2n) is 4.16. The molecular formula is C12H17NO. The van der Waals surface area contributed by atoms with Gasteiger partial charge in [-0.05, 0) is 36.5 Å². The topological polar surface area (TPSA) is 46.2 Å². The van der Waals surface area contributed by atoms with Gasteiger partial charge in [-0.3, -0.25) is 0 Å². The van der Waals surface area contributed by atoms with Crippen molar-refractivity contribution in [3.8, 4) is 5.75 Å². The number of benzene rings is 1. The van der Waals surface area contributed by atoms with Crippen LogP contribution in [0.1, 0.15) is 37.3 Å². The first kappa shape index (κ1) is 9.53. The van der Waals surface area contributed by atoms with Crippen molar-refractivity contribution in [2.45, 2.75) is 31.7 Å². The van der Waals surface area contributed by atoms with Crippen molar-refractivity contribution in [2.75, 3.05) is 0 Å². The molecule has 1 atom stereocenters. The quantitative estimate of drug-likeness (QED) is 0.754. The lowest BCUT2D eigenvalue weighted by atomic mass is 9.92. The van der Waals surface area contributed by atoms with Crippen LogP contribution in [0.15, 0.2) is 24.3 Å². The molecule has 0 bridgehead atoms. The number of hydrogen-bond acceptors (Lipinski definition) is 2. The van der Waals surface area contributed by atoms with Crippen molar-refractivity contribution in [3.63, 3.8) is 0 Å². The predicted octanol–water partition coefficient (Wildman–Crippen LogP) is 2.58. The Bertz CT molecular complexity index is 288. The summed E-state index contributed by atoms with van der Waals surface area (Å²) in [5, 5.41) is 9.16. The zero-order chi connectivity index (χ0) is 9.97. The summed E-state index contributed by atoms with van der Waals surface area (Å²) in [6.45, 7) is 0. The van der Waals surface area contributed by atoms with Crippen LogP contribution in [0.5, 0.6) is 5.75 Å². The van der Waals surface area contributed by atoms with Crippen molar-refractivity contribution >= 4 is 0 Å². The summed E-state index contributed by atoms with van der Waals surface area (Å²) in [6.07, 6.45) is 5.14. The molecule has 1 fully saturated rings. The highest BCUT2D eigenvalue weighted by atomic mass is 16.3. The van der Waals surface area contributed by atoms with E-state index in [0.717, 1.165) is 5.56 Å². The van der Waals surface area contributed by atoms with E-state index in [1.807, 2.05) is 12.1 Å². The van der Waals surface area contributed by atoms with Gasteiger partial charge < -0.3 is 10.8 Å². The summed E-state index contributed by atoms with van der Waals surface area (Å²) in [7, 11) is 0. The summed E-state index contributed by atoms with van der Waals surface area (Å²) < 4.78 is 0. The maximum atomic E-state index is 9.16. The first-order valence-electron chi connectivity index (χ1n) is 5.32. The molecule has 1 aliphatic carbocycles. The summed E-state index contributed by atoms with van der Waals surface area (Å²) in [6, 6.07) is 7.43. The Kier molecular flexibility index (Phi) is 2.73. The molecule has 3 N–H and O–H groups in total. The molecule has 0 aromatic heterocycles. The molecule has 2 rings (SSSR count). The molecule has 14 heavy (non-hydrogen) atoms. The maximum absolute atomic E-state index is 9.16. The van der Waals surface area contributed by atoms with Crippen molar-refractivity contribution in [2.24, 2.45) is 11.7 Å². The van der Waals surface area contributed by atoms with Crippen molar-refractivity contribution in [3.05, 3.63) is 29.8 Å². The van der Waals surface area contributed by atoms with Gasteiger partial charge >= 0.3 is 0 Å². The van der Waals surface area contributed by atoms with Gasteiger partial charge in [-0.25, -0.2) is 0 Å². The smallest absolute Gasteiger partial charge is 0.115 e. The Labute approximate surface area is 84.7 Å². The molecule has 1 saturated carbocycles. The van der Waals surface area contributed by atoms with E-state index in [1.165, 1.54) is 25.7 Å². The molecule has 2 heteroatoms. The van der Waals surface area contributed by atoms with Crippen LogP contribution in [0.2, 0.25) is 0 Å². The van der Waals surface area contributed by atoms with Gasteiger partial charge in [0.1, 0.15) is 5.75 Å². The third-order valence-corrected chi connectivity index (χ3v) is 3.19. The van der Waals surface area contributed by atoms with Crippen LogP contribution in [0.4, 0.5) is 0 Å². The lowest BCUT2D eigenvalue weighted by molar-refractivity contribution is 0.442. The van der Waals surface area contributed by atoms with Gasteiger partial charge in [0, 0.05) is 6.04 Å². The highest BCUT2D eigenvalue weighted by Crippen LogP contribution is 2.34. The molecule has 1 aliphatic rings. The van der Waals surface area contributed by atoms with E-state index in [0.29, 0.717) is 11.7 Å². The second kappa shape index (κ2) is 4.01. The number of phenols is 1. The molecule has 0 heterocycles. The second-order valence-corrected chi connectivity index (χ2v) is 4.16. The van der Waals surface area contributed by atoms with Crippen LogP contribution in [0.3, 0.4) is 0 Å². The Morgan fingerprint density at radius 3 is 2.29 bits per heavy atom. The molecule has 1 aromatic carbocycles. The summed E-state index contributed by atoms with van der Waals surface area (Å²) in [4.78, 5) is 0. The van der Waals surface area contributed by atoms with E-state index in [9.17, 15) is 0 Å². The Balaban J connectivity index is 2.09. The van der Waals surface area contributed by atoms with Crippen LogP contribution in [0, 0.1) is 5.92 Å². The normalized spacial score (nSPS) is 19.8. The van der Waals surface area contributed by atoms with Gasteiger partial charge in [0.15, 0.2) is 0 Å². The lowest BCUT2D eigenvalue weighted by Crippen LogP contribution is -2.18. The van der Waals surface area contributed by atoms with Gasteiger partial charge in [-0.15, -0.1) is 0 Å². The fourth-order valence-electron chi connectivity index (χ4n) is 2.29. The highest BCUT2D eigenvalue weighted by molar-refractivity contribution is 5.28. The number of aromatic hydroxyl groups is 1. The molecule has 0 saturated heterocycles. The van der Waals surface area contributed by atoms with Gasteiger partial charge in [0.25, 0.3) is 0 Å². The molecule has 0 spiro atoms. The van der Waals surface area contributed by atoms with Crippen LogP contribution < -0.4 is 5.73 Å². The lowest BCUT2D eigenvalue weighted by Gasteiger charge is -2.18. The SMILES string of the molecule is NC(c1ccc(O)cc1)C1CCCC1. The average molecular weight is 191 g/mol. The van der Waals surface area contributed by atoms with Crippen molar-refractivity contribution < 1.29 is 5.11 Å². The van der Waals surface area contributed by atoms with Crippen molar-refractivity contribution in [1.29, 1.82) is 0 Å². The standard InChI is InChI=1S/C12H17NO/c13-12(9-3-1-2-4-9)10-5-7-11(14)8-6-10/h5-9,12,14H,1-4,13H2. The van der Waals surface area contributed by atoms with E-state index in [-0.39, 0.29) is 6.04 Å². The summed E-state index contributed by atoms with van der Waals surface area (Å²) in [5.74, 6) is 0.951. The molecular weight excluding hydrogens is 174 g/mol. The van der Waals surface area contributed by atoms with Gasteiger partial charge in [-0.1, -0.05) is 25.0 Å². The molecule has 1 unspecified atom stereocenters. The monoisotopic (exact) mass is 191 g/mol. The Hall–Kier alpha value is -1.02. The van der Waals surface area contributed by atoms with E-state index < -0.39 is 0 Å². The first-order chi connectivity index (χ1) is 6.77. The fraction of sp³-hybridized carbons (Fsp3) is 0.500. The summed E-state index contributed by atoms with van der Waals surface area (Å²) >= 11 is 0. The fourth-order valence-corrected chi connectivity index (χ4v) is 2.29. The Morgan fingerprint density at radius 2 is 1.71 bits per heavy atom. The van der Waals surface area contributed by atoms with Gasteiger partial charge in [0.2, 0.25) is 0 Å². The molecule has 1 aromatic rings. The van der Waals surface area contributed by atoms with Crippen LogP contribution in [-0.4, -0.2) is 5.11 Å². The van der Waals surface area contributed by atoms with Crippen LogP contribution >= 0.6 is 0 Å². The number of hydrogen-bond donors (Lipinski definition) is 2. The minimum atomic E-state index is 0.151. The molecule has 0 aliphatic heterocycles. The molecule has 0 radical (unpaired) electrons. The van der Waals surface area contributed by atoms with Crippen LogP contribution in [-0.2, 0) is 0 Å². The van der Waals surface area contributed by atoms with Gasteiger partial charge in [0.05, 0.1) is 0 Å². The largest absolute Gasteiger partial charge is 0.508 e. The van der Waals surface area contributed by atoms with E-state index >= 15 is 0 Å². The zero-order valence-electron chi connectivity index (χ0n) is 8.32. The van der Waals surface area contributed by atoms with Crippen LogP contribution in [0.25, 0.3) is 0 Å². The third-order valence-electron chi connectivity index (χ3n) is 3.19. The average Bonchev–Trinajstić information content (AvgIpc) is 2.71. The minimum absolute atomic E-state index is 0.151. The molecule has 0 amide bonds. The third kappa shape index (κ3) is 1.90. The maximum Gasteiger partial charge on any atom is 0.115 e. The van der Waals surface area contributed by atoms with E-state index in [4.69, 9.17) is 10.8 Å². The first-order valence-corrected chi connectivity index (χ1v) is 5.32. The van der Waals surface area contributed by atoms with Crippen molar-refractivity contribution in [1.82, 2.24) is 0 Å². The Morgan fingerprint density at radius 1 is 1.14 bits per heavy atom.